The zero-order valence-corrected chi connectivity index (χ0v) is 17.7. The number of hydrogen-bond donors (Lipinski definition) is 8. The SMILES string of the molecule is CC(NC(=O)C(CCC(=O)O)NC(=O)C(N)CC(N)=O)C(=O)NC(Cc1cnc[nH]1)C(=O)O. The molecule has 10 N–H and O–H groups in total. The number of hydrogen-bond acceptors (Lipinski definition) is 8. The van der Waals surface area contributed by atoms with Gasteiger partial charge in [-0.1, -0.05) is 0 Å². The number of carboxylic acid groups (broad SMARTS) is 2. The Morgan fingerprint density at radius 2 is 1.67 bits per heavy atom. The van der Waals surface area contributed by atoms with Crippen LogP contribution in [0.25, 0.3) is 0 Å². The van der Waals surface area contributed by atoms with Gasteiger partial charge >= 0.3 is 11.9 Å². The fourth-order valence-corrected chi connectivity index (χ4v) is 2.62. The van der Waals surface area contributed by atoms with Crippen LogP contribution in [0.15, 0.2) is 12.5 Å². The summed E-state index contributed by atoms with van der Waals surface area (Å²) in [6.07, 6.45) is 1.34. The molecule has 0 fully saturated rings. The third-order valence-corrected chi connectivity index (χ3v) is 4.38. The standard InChI is InChI=1S/C18H27N7O8/c1-8(15(29)25-12(18(32)33)4-9-6-21-7-22-9)23-17(31)11(2-3-14(27)28)24-16(30)10(19)5-13(20)26/h6-8,10-12H,2-5,19H2,1H3,(H2,20,26)(H,21,22)(H,23,31)(H,24,30)(H,25,29)(H,27,28)(H,32,33). The molecule has 33 heavy (non-hydrogen) atoms. The number of primary amides is 1. The highest BCUT2D eigenvalue weighted by atomic mass is 16.4. The van der Waals surface area contributed by atoms with Crippen molar-refractivity contribution in [3.8, 4) is 0 Å². The third-order valence-electron chi connectivity index (χ3n) is 4.38. The molecule has 1 aromatic heterocycles. The Bertz CT molecular complexity index is 873. The molecule has 0 radical (unpaired) electrons. The molecule has 15 nitrogen and oxygen atoms in total. The summed E-state index contributed by atoms with van der Waals surface area (Å²) in [5, 5.41) is 25.0. The van der Waals surface area contributed by atoms with Crippen LogP contribution in [0.1, 0.15) is 31.9 Å². The van der Waals surface area contributed by atoms with E-state index in [1.165, 1.54) is 19.4 Å². The Balaban J connectivity index is 2.78. The summed E-state index contributed by atoms with van der Waals surface area (Å²) >= 11 is 0. The maximum absolute atomic E-state index is 12.6. The number of nitrogens with two attached hydrogens (primary N) is 2. The first-order chi connectivity index (χ1) is 15.4. The van der Waals surface area contributed by atoms with E-state index in [0.29, 0.717) is 5.69 Å². The van der Waals surface area contributed by atoms with E-state index in [-0.39, 0.29) is 12.8 Å². The monoisotopic (exact) mass is 469 g/mol. The van der Waals surface area contributed by atoms with E-state index in [0.717, 1.165) is 0 Å². The topological polar surface area (TPSA) is 260 Å². The molecule has 15 heteroatoms. The van der Waals surface area contributed by atoms with E-state index in [1.807, 2.05) is 0 Å². The van der Waals surface area contributed by atoms with Crippen molar-refractivity contribution < 1.29 is 39.0 Å². The minimum atomic E-state index is -1.39. The van der Waals surface area contributed by atoms with Gasteiger partial charge in [0.05, 0.1) is 18.8 Å². The largest absolute Gasteiger partial charge is 0.481 e. The second kappa shape index (κ2) is 12.7. The van der Waals surface area contributed by atoms with Gasteiger partial charge in [-0.25, -0.2) is 9.78 Å². The third kappa shape index (κ3) is 9.77. The van der Waals surface area contributed by atoms with Gasteiger partial charge in [0.15, 0.2) is 0 Å². The van der Waals surface area contributed by atoms with Gasteiger partial charge in [-0.05, 0) is 13.3 Å². The van der Waals surface area contributed by atoms with E-state index in [1.54, 1.807) is 0 Å². The number of aromatic nitrogens is 2. The molecule has 0 aromatic carbocycles. The summed E-state index contributed by atoms with van der Waals surface area (Å²) in [6, 6.07) is -5.29. The lowest BCUT2D eigenvalue weighted by Crippen LogP contribution is -2.56. The molecule has 0 saturated heterocycles. The molecular weight excluding hydrogens is 442 g/mol. The molecule has 1 rings (SSSR count). The summed E-state index contributed by atoms with van der Waals surface area (Å²) in [5.74, 6) is -6.05. The summed E-state index contributed by atoms with van der Waals surface area (Å²) in [5.41, 5.74) is 11.0. The Kier molecular flexibility index (Phi) is 10.4. The molecule has 1 heterocycles. The van der Waals surface area contributed by atoms with E-state index >= 15 is 0 Å². The predicted molar refractivity (Wildman–Crippen MR) is 110 cm³/mol. The number of amides is 4. The first-order valence-corrected chi connectivity index (χ1v) is 9.77. The van der Waals surface area contributed by atoms with Crippen LogP contribution in [0.5, 0.6) is 0 Å². The van der Waals surface area contributed by atoms with Crippen molar-refractivity contribution in [3.63, 3.8) is 0 Å². The summed E-state index contributed by atoms with van der Waals surface area (Å²) in [6.45, 7) is 1.28. The van der Waals surface area contributed by atoms with Crippen LogP contribution in [0.3, 0.4) is 0 Å². The highest BCUT2D eigenvalue weighted by Gasteiger charge is 2.29. The molecule has 0 bridgehead atoms. The molecule has 4 atom stereocenters. The molecule has 0 aliphatic heterocycles. The highest BCUT2D eigenvalue weighted by Crippen LogP contribution is 2.03. The molecule has 4 unspecified atom stereocenters. The Morgan fingerprint density at radius 3 is 2.18 bits per heavy atom. The number of nitrogens with one attached hydrogen (secondary N) is 4. The number of imidazole rings is 1. The van der Waals surface area contributed by atoms with Crippen molar-refractivity contribution >= 4 is 35.6 Å². The lowest BCUT2D eigenvalue weighted by atomic mass is 10.1. The number of nitrogens with zero attached hydrogens (tertiary/aromatic N) is 1. The molecular formula is C18H27N7O8. The fourth-order valence-electron chi connectivity index (χ4n) is 2.62. The van der Waals surface area contributed by atoms with E-state index < -0.39 is 72.6 Å². The lowest BCUT2D eigenvalue weighted by molar-refractivity contribution is -0.142. The minimum Gasteiger partial charge on any atom is -0.481 e. The number of rotatable bonds is 14. The van der Waals surface area contributed by atoms with Gasteiger partial charge in [-0.3, -0.25) is 24.0 Å². The summed E-state index contributed by atoms with van der Waals surface area (Å²) < 4.78 is 0. The van der Waals surface area contributed by atoms with Gasteiger partial charge in [0.1, 0.15) is 18.1 Å². The fraction of sp³-hybridized carbons (Fsp3) is 0.500. The maximum atomic E-state index is 12.6. The Morgan fingerprint density at radius 1 is 1.03 bits per heavy atom. The predicted octanol–water partition coefficient (Wildman–Crippen LogP) is -3.42. The molecule has 4 amide bonds. The maximum Gasteiger partial charge on any atom is 0.326 e. The zero-order valence-electron chi connectivity index (χ0n) is 17.7. The number of carbonyl (C=O) groups excluding carboxylic acids is 4. The van der Waals surface area contributed by atoms with Crippen LogP contribution in [0, 0.1) is 0 Å². The van der Waals surface area contributed by atoms with E-state index in [9.17, 15) is 33.9 Å². The quantitative estimate of drug-likeness (QED) is 0.134. The smallest absolute Gasteiger partial charge is 0.326 e. The van der Waals surface area contributed by atoms with Gasteiger partial charge in [0.2, 0.25) is 23.6 Å². The van der Waals surface area contributed by atoms with E-state index in [2.05, 4.69) is 25.9 Å². The molecule has 0 spiro atoms. The molecule has 182 valence electrons. The van der Waals surface area contributed by atoms with Crippen molar-refractivity contribution in [2.24, 2.45) is 11.5 Å². The second-order valence-electron chi connectivity index (χ2n) is 7.18. The first kappa shape index (κ1) is 27.0. The van der Waals surface area contributed by atoms with Crippen LogP contribution >= 0.6 is 0 Å². The van der Waals surface area contributed by atoms with Gasteiger partial charge in [-0.15, -0.1) is 0 Å². The lowest BCUT2D eigenvalue weighted by Gasteiger charge is -2.23. The zero-order chi connectivity index (χ0) is 25.1. The van der Waals surface area contributed by atoms with Crippen molar-refractivity contribution in [2.45, 2.75) is 56.8 Å². The number of aromatic amines is 1. The van der Waals surface area contributed by atoms with Gasteiger partial charge < -0.3 is 42.6 Å². The van der Waals surface area contributed by atoms with Crippen LogP contribution in [0.2, 0.25) is 0 Å². The number of H-pyrrole nitrogens is 1. The van der Waals surface area contributed by atoms with Gasteiger partial charge in [0.25, 0.3) is 0 Å². The Hall–Kier alpha value is -4.01. The average Bonchev–Trinajstić information content (AvgIpc) is 3.22. The van der Waals surface area contributed by atoms with Crippen LogP contribution < -0.4 is 27.4 Å². The van der Waals surface area contributed by atoms with Crippen molar-refractivity contribution in [1.82, 2.24) is 25.9 Å². The van der Waals surface area contributed by atoms with Crippen molar-refractivity contribution in [1.29, 1.82) is 0 Å². The van der Waals surface area contributed by atoms with Gasteiger partial charge in [-0.2, -0.15) is 0 Å². The van der Waals surface area contributed by atoms with Crippen LogP contribution in [-0.4, -0.2) is 79.9 Å². The Labute approximate surface area is 187 Å². The summed E-state index contributed by atoms with van der Waals surface area (Å²) in [4.78, 5) is 76.8. The van der Waals surface area contributed by atoms with Gasteiger partial charge in [0, 0.05) is 24.7 Å². The van der Waals surface area contributed by atoms with E-state index in [4.69, 9.17) is 16.6 Å². The minimum absolute atomic E-state index is 0.0865. The van der Waals surface area contributed by atoms with Crippen LogP contribution in [-0.2, 0) is 35.2 Å². The van der Waals surface area contributed by atoms with Crippen molar-refractivity contribution in [2.75, 3.05) is 0 Å². The normalized spacial score (nSPS) is 14.2. The number of aliphatic carboxylic acids is 2. The first-order valence-electron chi connectivity index (χ1n) is 9.77. The second-order valence-corrected chi connectivity index (χ2v) is 7.18. The highest BCUT2D eigenvalue weighted by molar-refractivity contribution is 5.95. The van der Waals surface area contributed by atoms with Crippen molar-refractivity contribution in [3.05, 3.63) is 18.2 Å². The van der Waals surface area contributed by atoms with Crippen LogP contribution in [0.4, 0.5) is 0 Å². The number of carboxylic acids is 2. The molecule has 1 aromatic rings. The average molecular weight is 469 g/mol. The number of carbonyl (C=O) groups is 6. The molecule has 0 saturated carbocycles. The molecule has 0 aliphatic carbocycles. The summed E-state index contributed by atoms with van der Waals surface area (Å²) in [7, 11) is 0. The molecule has 0 aliphatic rings.